The van der Waals surface area contributed by atoms with Gasteiger partial charge in [-0.25, -0.2) is 9.37 Å². The molecular weight excluding hydrogens is 349 g/mol. The number of thiazole rings is 1. The summed E-state index contributed by atoms with van der Waals surface area (Å²) in [6.07, 6.45) is 7.11. The van der Waals surface area contributed by atoms with Crippen molar-refractivity contribution in [3.05, 3.63) is 78.4 Å². The Morgan fingerprint density at radius 3 is 2.85 bits per heavy atom. The summed E-state index contributed by atoms with van der Waals surface area (Å²) < 4.78 is 14.7. The molecule has 0 aliphatic carbocycles. The summed E-state index contributed by atoms with van der Waals surface area (Å²) in [6, 6.07) is 8.52. The number of halogens is 1. The van der Waals surface area contributed by atoms with E-state index in [1.165, 1.54) is 17.4 Å². The van der Waals surface area contributed by atoms with Gasteiger partial charge in [0, 0.05) is 12.4 Å². The van der Waals surface area contributed by atoms with Crippen LogP contribution in [0.1, 0.15) is 18.9 Å². The Balaban J connectivity index is 1.99. The molecule has 26 heavy (non-hydrogen) atoms. The molecule has 4 nitrogen and oxygen atoms in total. The lowest BCUT2D eigenvalue weighted by molar-refractivity contribution is -0.118. The van der Waals surface area contributed by atoms with Crippen LogP contribution in [0, 0.1) is 5.82 Å². The third-order valence-electron chi connectivity index (χ3n) is 3.94. The molecule has 0 bridgehead atoms. The minimum atomic E-state index is -0.390. The molecule has 6 heteroatoms. The summed E-state index contributed by atoms with van der Waals surface area (Å²) in [5.41, 5.74) is 1.99. The fraction of sp³-hybridized carbons (Fsp3) is 0.150. The van der Waals surface area contributed by atoms with Crippen molar-refractivity contribution in [1.29, 1.82) is 0 Å². The van der Waals surface area contributed by atoms with Gasteiger partial charge in [0.1, 0.15) is 11.3 Å². The minimum Gasteiger partial charge on any atom is -0.283 e. The molecule has 0 saturated heterocycles. The Labute approximate surface area is 155 Å². The monoisotopic (exact) mass is 367 g/mol. The first-order valence-corrected chi connectivity index (χ1v) is 8.96. The number of nitrogens with zero attached hydrogens (tertiary/aromatic N) is 3. The van der Waals surface area contributed by atoms with Gasteiger partial charge in [-0.15, -0.1) is 0 Å². The summed E-state index contributed by atoms with van der Waals surface area (Å²) in [5.74, 6) is -0.514. The van der Waals surface area contributed by atoms with Crippen LogP contribution in [0.5, 0.6) is 0 Å². The Kier molecular flexibility index (Phi) is 5.53. The molecule has 0 aliphatic rings. The Morgan fingerprint density at radius 2 is 2.19 bits per heavy atom. The van der Waals surface area contributed by atoms with Gasteiger partial charge in [-0.2, -0.15) is 0 Å². The fourth-order valence-electron chi connectivity index (χ4n) is 2.52. The number of allylic oxidation sites excluding steroid dienone is 2. The summed E-state index contributed by atoms with van der Waals surface area (Å²) in [4.78, 5) is 23.0. The number of anilines is 1. The number of amides is 1. The first-order chi connectivity index (χ1) is 12.6. The van der Waals surface area contributed by atoms with Crippen molar-refractivity contribution >= 4 is 32.6 Å². The highest BCUT2D eigenvalue weighted by atomic mass is 32.1. The largest absolute Gasteiger partial charge is 0.283 e. The van der Waals surface area contributed by atoms with E-state index in [0.29, 0.717) is 16.4 Å². The quantitative estimate of drug-likeness (QED) is 0.583. The number of aromatic nitrogens is 2. The molecule has 0 radical (unpaired) electrons. The van der Waals surface area contributed by atoms with Gasteiger partial charge in [0.15, 0.2) is 5.13 Å². The molecule has 3 aromatic rings. The second-order valence-electron chi connectivity index (χ2n) is 5.67. The fourth-order valence-corrected chi connectivity index (χ4v) is 3.51. The van der Waals surface area contributed by atoms with Crippen molar-refractivity contribution in [1.82, 2.24) is 9.97 Å². The van der Waals surface area contributed by atoms with Crippen molar-refractivity contribution < 1.29 is 9.18 Å². The van der Waals surface area contributed by atoms with E-state index in [2.05, 4.69) is 16.5 Å². The summed E-state index contributed by atoms with van der Waals surface area (Å²) in [6.45, 7) is 5.92. The summed E-state index contributed by atoms with van der Waals surface area (Å²) >= 11 is 1.30. The Hall–Kier alpha value is -2.86. The van der Waals surface area contributed by atoms with Crippen LogP contribution >= 0.6 is 11.3 Å². The van der Waals surface area contributed by atoms with Crippen molar-refractivity contribution in [2.75, 3.05) is 4.90 Å². The molecule has 0 unspecified atom stereocenters. The maximum atomic E-state index is 14.0. The van der Waals surface area contributed by atoms with Gasteiger partial charge < -0.3 is 0 Å². The van der Waals surface area contributed by atoms with E-state index in [1.807, 2.05) is 25.1 Å². The second kappa shape index (κ2) is 8.01. The van der Waals surface area contributed by atoms with Crippen LogP contribution in [0.15, 0.2) is 67.0 Å². The molecule has 0 aliphatic heterocycles. The van der Waals surface area contributed by atoms with Crippen LogP contribution in [0.3, 0.4) is 0 Å². The van der Waals surface area contributed by atoms with Crippen molar-refractivity contribution in [3.8, 4) is 0 Å². The van der Waals surface area contributed by atoms with Crippen LogP contribution in [0.4, 0.5) is 9.52 Å². The zero-order valence-electron chi connectivity index (χ0n) is 14.4. The average Bonchev–Trinajstić information content (AvgIpc) is 3.10. The zero-order valence-corrected chi connectivity index (χ0v) is 15.2. The Morgan fingerprint density at radius 1 is 1.35 bits per heavy atom. The number of para-hydroxylation sites is 1. The number of hydrogen-bond acceptors (Lipinski definition) is 4. The highest BCUT2D eigenvalue weighted by Crippen LogP contribution is 2.31. The maximum Gasteiger partial charge on any atom is 0.233 e. The lowest BCUT2D eigenvalue weighted by Gasteiger charge is -2.20. The van der Waals surface area contributed by atoms with Crippen LogP contribution in [-0.2, 0) is 11.3 Å². The van der Waals surface area contributed by atoms with E-state index < -0.39 is 0 Å². The van der Waals surface area contributed by atoms with Gasteiger partial charge in [-0.05, 0) is 36.3 Å². The van der Waals surface area contributed by atoms with Crippen LogP contribution < -0.4 is 4.90 Å². The van der Waals surface area contributed by atoms with Crippen molar-refractivity contribution in [2.45, 2.75) is 19.9 Å². The average molecular weight is 367 g/mol. The first kappa shape index (κ1) is 17.9. The predicted octanol–water partition coefficient (Wildman–Crippen LogP) is 4.89. The topological polar surface area (TPSA) is 46.1 Å². The molecule has 2 heterocycles. The molecule has 0 fully saturated rings. The van der Waals surface area contributed by atoms with E-state index in [-0.39, 0.29) is 23.7 Å². The lowest BCUT2D eigenvalue weighted by Crippen LogP contribution is -2.30. The van der Waals surface area contributed by atoms with Gasteiger partial charge in [0.05, 0.1) is 17.7 Å². The van der Waals surface area contributed by atoms with E-state index in [0.717, 1.165) is 11.1 Å². The smallest absolute Gasteiger partial charge is 0.233 e. The molecule has 0 spiro atoms. The SMILES string of the molecule is C=C/C(=C\C)CC(=O)N(Cc1cccnc1)c1nc2c(F)cccc2s1. The molecule has 1 amide bonds. The third kappa shape index (κ3) is 3.86. The highest BCUT2D eigenvalue weighted by Gasteiger charge is 2.21. The standard InChI is InChI=1S/C20H18FN3OS/c1-3-14(4-2)11-18(25)24(13-15-7-6-10-22-12-15)20-23-19-16(21)8-5-9-17(19)26-20/h3-10,12H,1,11,13H2,2H3/b14-4+. The number of hydrogen-bond donors (Lipinski definition) is 0. The van der Waals surface area contributed by atoms with Crippen LogP contribution in [-0.4, -0.2) is 15.9 Å². The van der Waals surface area contributed by atoms with E-state index in [9.17, 15) is 9.18 Å². The van der Waals surface area contributed by atoms with E-state index in [1.54, 1.807) is 35.5 Å². The maximum absolute atomic E-state index is 14.0. The Bertz CT molecular complexity index is 966. The third-order valence-corrected chi connectivity index (χ3v) is 4.99. The van der Waals surface area contributed by atoms with Crippen molar-refractivity contribution in [3.63, 3.8) is 0 Å². The number of pyridine rings is 1. The lowest BCUT2D eigenvalue weighted by atomic mass is 10.1. The highest BCUT2D eigenvalue weighted by molar-refractivity contribution is 7.22. The predicted molar refractivity (Wildman–Crippen MR) is 104 cm³/mol. The normalized spacial score (nSPS) is 11.5. The van der Waals surface area contributed by atoms with E-state index in [4.69, 9.17) is 0 Å². The van der Waals surface area contributed by atoms with Gasteiger partial charge in [-0.3, -0.25) is 14.7 Å². The number of fused-ring (bicyclic) bond motifs is 1. The zero-order chi connectivity index (χ0) is 18.5. The number of benzene rings is 1. The van der Waals surface area contributed by atoms with E-state index >= 15 is 0 Å². The van der Waals surface area contributed by atoms with Gasteiger partial charge in [-0.1, -0.05) is 42.2 Å². The van der Waals surface area contributed by atoms with Crippen molar-refractivity contribution in [2.24, 2.45) is 0 Å². The minimum absolute atomic E-state index is 0.124. The van der Waals surface area contributed by atoms with Gasteiger partial charge in [0.2, 0.25) is 5.91 Å². The molecule has 0 N–H and O–H groups in total. The number of carbonyl (C=O) groups is 1. The van der Waals surface area contributed by atoms with Crippen LogP contribution in [0.25, 0.3) is 10.2 Å². The molecule has 0 saturated carbocycles. The summed E-state index contributed by atoms with van der Waals surface area (Å²) in [5, 5.41) is 0.471. The second-order valence-corrected chi connectivity index (χ2v) is 6.68. The van der Waals surface area contributed by atoms with Gasteiger partial charge in [0.25, 0.3) is 0 Å². The number of carbonyl (C=O) groups excluding carboxylic acids is 1. The molecule has 0 atom stereocenters. The molecule has 3 rings (SSSR count). The number of rotatable bonds is 6. The summed E-state index contributed by atoms with van der Waals surface area (Å²) in [7, 11) is 0. The molecule has 1 aromatic carbocycles. The first-order valence-electron chi connectivity index (χ1n) is 8.14. The molecule has 2 aromatic heterocycles. The van der Waals surface area contributed by atoms with Gasteiger partial charge >= 0.3 is 0 Å². The molecular formula is C20H18FN3OS. The van der Waals surface area contributed by atoms with Crippen LogP contribution in [0.2, 0.25) is 0 Å². The molecule has 132 valence electrons.